The van der Waals surface area contributed by atoms with Gasteiger partial charge in [0.15, 0.2) is 5.16 Å². The predicted octanol–water partition coefficient (Wildman–Crippen LogP) is 1.36. The van der Waals surface area contributed by atoms with Crippen molar-refractivity contribution in [2.24, 2.45) is 0 Å². The zero-order chi connectivity index (χ0) is 17.1. The Morgan fingerprint density at radius 3 is 2.92 bits per heavy atom. The molecule has 0 spiro atoms. The number of carbonyl (C=O) groups excluding carboxylic acids is 1. The lowest BCUT2D eigenvalue weighted by Gasteiger charge is -2.35. The molecule has 2 aromatic rings. The average molecular weight is 341 g/mol. The number of hydrogen-bond donors (Lipinski definition) is 0. The molecule has 24 heavy (non-hydrogen) atoms. The Balaban J connectivity index is 2.00. The SMILES string of the molecule is CC[C@]1(C)Cc2ccccc2-c2nc3n(c(=O)c21)C[C@@H](C(=O)[O-])S3. The zero-order valence-corrected chi connectivity index (χ0v) is 14.4. The van der Waals surface area contributed by atoms with Crippen molar-refractivity contribution in [2.45, 2.75) is 49.1 Å². The van der Waals surface area contributed by atoms with Crippen LogP contribution in [0.3, 0.4) is 0 Å². The maximum Gasteiger partial charge on any atom is 0.258 e. The van der Waals surface area contributed by atoms with Crippen molar-refractivity contribution < 1.29 is 9.90 Å². The fourth-order valence-electron chi connectivity index (χ4n) is 3.69. The highest BCUT2D eigenvalue weighted by Gasteiger charge is 2.39. The van der Waals surface area contributed by atoms with Gasteiger partial charge in [-0.15, -0.1) is 0 Å². The van der Waals surface area contributed by atoms with Gasteiger partial charge in [-0.05, 0) is 18.4 Å². The summed E-state index contributed by atoms with van der Waals surface area (Å²) in [5, 5.41) is 10.9. The Labute approximate surface area is 143 Å². The van der Waals surface area contributed by atoms with Crippen molar-refractivity contribution in [1.82, 2.24) is 9.55 Å². The van der Waals surface area contributed by atoms with E-state index in [4.69, 9.17) is 4.98 Å². The molecule has 2 aliphatic rings. The van der Waals surface area contributed by atoms with E-state index in [9.17, 15) is 14.7 Å². The molecule has 0 unspecified atom stereocenters. The quantitative estimate of drug-likeness (QED) is 0.771. The van der Waals surface area contributed by atoms with E-state index >= 15 is 0 Å². The van der Waals surface area contributed by atoms with E-state index < -0.39 is 11.2 Å². The highest BCUT2D eigenvalue weighted by atomic mass is 32.2. The van der Waals surface area contributed by atoms with Crippen molar-refractivity contribution in [2.75, 3.05) is 0 Å². The molecule has 0 radical (unpaired) electrons. The number of fused-ring (bicyclic) bond motifs is 4. The summed E-state index contributed by atoms with van der Waals surface area (Å²) in [4.78, 5) is 29.1. The van der Waals surface area contributed by atoms with Crippen molar-refractivity contribution in [3.05, 3.63) is 45.7 Å². The highest BCUT2D eigenvalue weighted by Crippen LogP contribution is 2.43. The van der Waals surface area contributed by atoms with Gasteiger partial charge in [-0.3, -0.25) is 9.36 Å². The molecule has 0 N–H and O–H groups in total. The van der Waals surface area contributed by atoms with Crippen LogP contribution >= 0.6 is 11.8 Å². The number of benzene rings is 1. The molecule has 2 atom stereocenters. The molecule has 0 bridgehead atoms. The van der Waals surface area contributed by atoms with E-state index in [1.165, 1.54) is 10.1 Å². The van der Waals surface area contributed by atoms with Gasteiger partial charge in [0.2, 0.25) is 0 Å². The zero-order valence-electron chi connectivity index (χ0n) is 13.5. The van der Waals surface area contributed by atoms with Crippen LogP contribution in [-0.4, -0.2) is 20.8 Å². The normalized spacial score (nSPS) is 24.2. The Hall–Kier alpha value is -2.08. The molecule has 1 aromatic heterocycles. The maximum atomic E-state index is 13.2. The van der Waals surface area contributed by atoms with E-state index in [1.807, 2.05) is 18.2 Å². The molecular formula is C18H17N2O3S-. The number of rotatable bonds is 2. The summed E-state index contributed by atoms with van der Waals surface area (Å²) >= 11 is 1.10. The second-order valence-corrected chi connectivity index (χ2v) is 7.88. The summed E-state index contributed by atoms with van der Waals surface area (Å²) in [7, 11) is 0. The summed E-state index contributed by atoms with van der Waals surface area (Å²) < 4.78 is 1.51. The number of carbonyl (C=O) groups is 1. The third kappa shape index (κ3) is 2.05. The second-order valence-electron chi connectivity index (χ2n) is 6.71. The van der Waals surface area contributed by atoms with Gasteiger partial charge >= 0.3 is 0 Å². The largest absolute Gasteiger partial charge is 0.549 e. The van der Waals surface area contributed by atoms with Gasteiger partial charge in [0, 0.05) is 17.5 Å². The van der Waals surface area contributed by atoms with Crippen LogP contribution in [0.4, 0.5) is 0 Å². The van der Waals surface area contributed by atoms with Crippen LogP contribution in [0.25, 0.3) is 11.3 Å². The van der Waals surface area contributed by atoms with Gasteiger partial charge in [0.1, 0.15) is 0 Å². The lowest BCUT2D eigenvalue weighted by Crippen LogP contribution is -2.40. The summed E-state index contributed by atoms with van der Waals surface area (Å²) in [6.07, 6.45) is 1.61. The molecule has 4 rings (SSSR count). The number of nitrogens with zero attached hydrogens (tertiary/aromatic N) is 2. The summed E-state index contributed by atoms with van der Waals surface area (Å²) in [6.45, 7) is 4.30. The van der Waals surface area contributed by atoms with Gasteiger partial charge in [-0.1, -0.05) is 49.9 Å². The van der Waals surface area contributed by atoms with Crippen LogP contribution in [0.5, 0.6) is 0 Å². The summed E-state index contributed by atoms with van der Waals surface area (Å²) in [5.74, 6) is -1.15. The predicted molar refractivity (Wildman–Crippen MR) is 89.9 cm³/mol. The van der Waals surface area contributed by atoms with Gasteiger partial charge in [-0.25, -0.2) is 4.98 Å². The van der Waals surface area contributed by atoms with E-state index in [-0.39, 0.29) is 17.5 Å². The van der Waals surface area contributed by atoms with E-state index in [0.717, 1.165) is 30.2 Å². The second kappa shape index (κ2) is 5.21. The molecule has 1 aliphatic carbocycles. The molecule has 6 heteroatoms. The third-order valence-electron chi connectivity index (χ3n) is 5.23. The minimum Gasteiger partial charge on any atom is -0.549 e. The molecule has 0 fully saturated rings. The first-order valence-corrected chi connectivity index (χ1v) is 8.93. The van der Waals surface area contributed by atoms with Crippen molar-refractivity contribution in [1.29, 1.82) is 0 Å². The van der Waals surface area contributed by atoms with Crippen LogP contribution in [0.15, 0.2) is 34.2 Å². The van der Waals surface area contributed by atoms with Crippen LogP contribution in [0.2, 0.25) is 0 Å². The number of carboxylic acids is 1. The molecule has 1 aromatic carbocycles. The van der Waals surface area contributed by atoms with Crippen molar-refractivity contribution >= 4 is 17.7 Å². The third-order valence-corrected chi connectivity index (χ3v) is 6.38. The molecular weight excluding hydrogens is 324 g/mol. The number of aromatic nitrogens is 2. The van der Waals surface area contributed by atoms with Crippen LogP contribution in [0.1, 0.15) is 31.4 Å². The van der Waals surface area contributed by atoms with Gasteiger partial charge in [-0.2, -0.15) is 0 Å². The topological polar surface area (TPSA) is 75.0 Å². The van der Waals surface area contributed by atoms with Gasteiger partial charge in [0.05, 0.1) is 22.5 Å². The number of thioether (sulfide) groups is 1. The maximum absolute atomic E-state index is 13.2. The van der Waals surface area contributed by atoms with Crippen molar-refractivity contribution in [3.8, 4) is 11.3 Å². The van der Waals surface area contributed by atoms with Crippen LogP contribution in [-0.2, 0) is 23.2 Å². The Morgan fingerprint density at radius 2 is 2.21 bits per heavy atom. The Kier molecular flexibility index (Phi) is 3.35. The molecule has 124 valence electrons. The number of carboxylic acid groups (broad SMARTS) is 1. The Morgan fingerprint density at radius 1 is 1.46 bits per heavy atom. The fourth-order valence-corrected chi connectivity index (χ4v) is 4.70. The smallest absolute Gasteiger partial charge is 0.258 e. The standard InChI is InChI=1S/C18H18N2O3S/c1-3-18(2)8-10-6-4-5-7-11(10)14-13(18)15(21)20-9-12(16(22)23)24-17(20)19-14/h4-7,12H,3,8-9H2,1-2H3,(H,22,23)/p-1/t12-,18+/m0/s1. The summed E-state index contributed by atoms with van der Waals surface area (Å²) in [6, 6.07) is 8.01. The first-order valence-electron chi connectivity index (χ1n) is 8.05. The number of hydrogen-bond acceptors (Lipinski definition) is 5. The minimum atomic E-state index is -1.15. The lowest BCUT2D eigenvalue weighted by atomic mass is 9.69. The van der Waals surface area contributed by atoms with E-state index in [1.54, 1.807) is 0 Å². The molecule has 0 amide bonds. The first kappa shape index (κ1) is 15.4. The van der Waals surface area contributed by atoms with E-state index in [0.29, 0.717) is 16.4 Å². The molecule has 0 saturated heterocycles. The monoisotopic (exact) mass is 341 g/mol. The van der Waals surface area contributed by atoms with E-state index in [2.05, 4.69) is 19.9 Å². The van der Waals surface area contributed by atoms with Crippen molar-refractivity contribution in [3.63, 3.8) is 0 Å². The van der Waals surface area contributed by atoms with Gasteiger partial charge in [0.25, 0.3) is 5.56 Å². The molecule has 0 saturated carbocycles. The summed E-state index contributed by atoms with van der Waals surface area (Å²) in [5.41, 5.74) is 3.20. The highest BCUT2D eigenvalue weighted by molar-refractivity contribution is 8.00. The average Bonchev–Trinajstić information content (AvgIpc) is 3.00. The molecule has 5 nitrogen and oxygen atoms in total. The number of aliphatic carboxylic acids is 1. The van der Waals surface area contributed by atoms with Crippen LogP contribution < -0.4 is 10.7 Å². The fraction of sp³-hybridized carbons (Fsp3) is 0.389. The molecule has 1 aliphatic heterocycles. The lowest BCUT2D eigenvalue weighted by molar-refractivity contribution is -0.304. The van der Waals surface area contributed by atoms with Crippen LogP contribution in [0, 0.1) is 0 Å². The Bertz CT molecular complexity index is 921. The molecule has 2 heterocycles. The minimum absolute atomic E-state index is 0.106. The first-order chi connectivity index (χ1) is 11.4. The van der Waals surface area contributed by atoms with Gasteiger partial charge < -0.3 is 9.90 Å².